The van der Waals surface area contributed by atoms with Gasteiger partial charge in [0.15, 0.2) is 0 Å². The van der Waals surface area contributed by atoms with E-state index in [2.05, 4.69) is 19.2 Å². The molecule has 5 nitrogen and oxygen atoms in total. The summed E-state index contributed by atoms with van der Waals surface area (Å²) in [6.45, 7) is 6.63. The summed E-state index contributed by atoms with van der Waals surface area (Å²) in [6.07, 6.45) is 4.83. The third-order valence-corrected chi connectivity index (χ3v) is 11.6. The van der Waals surface area contributed by atoms with Crippen molar-refractivity contribution in [3.8, 4) is 0 Å². The fourth-order valence-electron chi connectivity index (χ4n) is 8.79. The Morgan fingerprint density at radius 3 is 2.55 bits per heavy atom. The Labute approximate surface area is 257 Å². The van der Waals surface area contributed by atoms with Gasteiger partial charge in [-0.25, -0.2) is 4.39 Å². The molecule has 2 heterocycles. The van der Waals surface area contributed by atoms with Crippen molar-refractivity contribution in [2.24, 2.45) is 22.7 Å². The van der Waals surface area contributed by atoms with Crippen molar-refractivity contribution in [3.05, 3.63) is 63.4 Å². The number of rotatable bonds is 5. The zero-order valence-electron chi connectivity index (χ0n) is 24.5. The van der Waals surface area contributed by atoms with Gasteiger partial charge < -0.3 is 15.2 Å². The van der Waals surface area contributed by atoms with Crippen molar-refractivity contribution in [2.45, 2.75) is 95.7 Å². The van der Waals surface area contributed by atoms with E-state index in [0.717, 1.165) is 37.7 Å². The molecule has 1 saturated heterocycles. The van der Waals surface area contributed by atoms with Crippen LogP contribution in [0.4, 0.5) is 10.1 Å². The molecule has 2 aromatic carbocycles. The van der Waals surface area contributed by atoms with Crippen molar-refractivity contribution >= 4 is 40.6 Å². The highest BCUT2D eigenvalue weighted by Crippen LogP contribution is 2.72. The Balaban J connectivity index is 1.49. The highest BCUT2D eigenvalue weighted by atomic mass is 35.5. The number of carbonyl (C=O) groups is 2. The van der Waals surface area contributed by atoms with Crippen LogP contribution < -0.4 is 5.32 Å². The number of fused-ring (bicyclic) bond motifs is 3. The molecule has 2 saturated carbocycles. The van der Waals surface area contributed by atoms with Crippen molar-refractivity contribution in [2.75, 3.05) is 11.9 Å². The van der Waals surface area contributed by atoms with Crippen LogP contribution in [0.25, 0.3) is 0 Å². The largest absolute Gasteiger partial charge is 0.391 e. The fraction of sp³-hybridized carbons (Fsp3) is 0.588. The number of amides is 1. The predicted octanol–water partition coefficient (Wildman–Crippen LogP) is 7.85. The molecule has 0 radical (unpaired) electrons. The van der Waals surface area contributed by atoms with E-state index in [-0.39, 0.29) is 34.1 Å². The second kappa shape index (κ2) is 10.9. The maximum atomic E-state index is 16.1. The SMILES string of the molecule is C[C@@H](O)[C@@H]1CC[C@@H](CC(=O)[C@@H]2CC3(CCC(C)(C)CC3)[C@@]3(C(=O)Nc4cc(Cl)ccc43)[C@H]2c2cccc(Cl)c2F)CO1. The fourth-order valence-corrected chi connectivity index (χ4v) is 9.15. The first-order valence-electron chi connectivity index (χ1n) is 15.3. The van der Waals surface area contributed by atoms with Crippen molar-refractivity contribution < 1.29 is 23.8 Å². The quantitative estimate of drug-likeness (QED) is 0.359. The average molecular weight is 617 g/mol. The molecule has 1 amide bonds. The second-order valence-electron chi connectivity index (χ2n) is 14.1. The average Bonchev–Trinajstić information content (AvgIpc) is 3.40. The molecule has 0 unspecified atom stereocenters. The van der Waals surface area contributed by atoms with Crippen molar-refractivity contribution in [3.63, 3.8) is 0 Å². The summed E-state index contributed by atoms with van der Waals surface area (Å²) in [5.74, 6) is -1.98. The summed E-state index contributed by atoms with van der Waals surface area (Å²) < 4.78 is 22.0. The first-order valence-corrected chi connectivity index (χ1v) is 16.0. The number of benzene rings is 2. The molecular weight excluding hydrogens is 576 g/mol. The maximum absolute atomic E-state index is 16.1. The van der Waals surface area contributed by atoms with Gasteiger partial charge in [-0.2, -0.15) is 0 Å². The molecule has 42 heavy (non-hydrogen) atoms. The first-order chi connectivity index (χ1) is 19.9. The van der Waals surface area contributed by atoms with E-state index in [1.807, 2.05) is 6.07 Å². The van der Waals surface area contributed by atoms with Crippen molar-refractivity contribution in [1.29, 1.82) is 0 Å². The molecule has 6 atom stereocenters. The lowest BCUT2D eigenvalue weighted by Gasteiger charge is -2.51. The van der Waals surface area contributed by atoms with Gasteiger partial charge in [-0.15, -0.1) is 0 Å². The van der Waals surface area contributed by atoms with Crippen LogP contribution in [0.15, 0.2) is 36.4 Å². The van der Waals surface area contributed by atoms with E-state index in [9.17, 15) is 14.7 Å². The van der Waals surface area contributed by atoms with E-state index in [4.69, 9.17) is 27.9 Å². The van der Waals surface area contributed by atoms with Crippen LogP contribution in [0, 0.1) is 28.5 Å². The monoisotopic (exact) mass is 615 g/mol. The normalized spacial score (nSPS) is 32.1. The summed E-state index contributed by atoms with van der Waals surface area (Å²) in [6, 6.07) is 10.4. The lowest BCUT2D eigenvalue weighted by atomic mass is 9.51. The van der Waals surface area contributed by atoms with E-state index >= 15 is 4.39 Å². The number of carbonyl (C=O) groups excluding carboxylic acids is 2. The van der Waals surface area contributed by atoms with Gasteiger partial charge >= 0.3 is 0 Å². The van der Waals surface area contributed by atoms with E-state index < -0.39 is 34.6 Å². The van der Waals surface area contributed by atoms with Crippen molar-refractivity contribution in [1.82, 2.24) is 0 Å². The number of nitrogens with one attached hydrogen (secondary N) is 1. The third kappa shape index (κ3) is 4.72. The minimum absolute atomic E-state index is 0.0126. The highest BCUT2D eigenvalue weighted by molar-refractivity contribution is 6.31. The molecule has 2 aliphatic carbocycles. The molecule has 4 aliphatic rings. The number of hydrogen-bond acceptors (Lipinski definition) is 4. The molecular formula is C34H40Cl2FNO4. The third-order valence-electron chi connectivity index (χ3n) is 11.1. The van der Waals surface area contributed by atoms with Gasteiger partial charge in [0.2, 0.25) is 5.91 Å². The zero-order valence-corrected chi connectivity index (χ0v) is 26.0. The first kappa shape index (κ1) is 30.1. The Kier molecular flexibility index (Phi) is 7.78. The molecule has 3 fully saturated rings. The number of anilines is 1. The topological polar surface area (TPSA) is 75.6 Å². The number of ketones is 1. The molecule has 2 N–H and O–H groups in total. The van der Waals surface area contributed by atoms with Gasteiger partial charge in [0.05, 0.1) is 29.3 Å². The summed E-state index contributed by atoms with van der Waals surface area (Å²) in [7, 11) is 0. The van der Waals surface area contributed by atoms with Crippen LogP contribution in [0.3, 0.4) is 0 Å². The molecule has 6 rings (SSSR count). The summed E-state index contributed by atoms with van der Waals surface area (Å²) in [4.78, 5) is 29.0. The Morgan fingerprint density at radius 1 is 1.14 bits per heavy atom. The van der Waals surface area contributed by atoms with Crippen LogP contribution in [-0.4, -0.2) is 35.6 Å². The maximum Gasteiger partial charge on any atom is 0.236 e. The van der Waals surface area contributed by atoms with Crippen LogP contribution >= 0.6 is 23.2 Å². The van der Waals surface area contributed by atoms with Gasteiger partial charge in [0, 0.05) is 29.0 Å². The van der Waals surface area contributed by atoms with Crippen LogP contribution in [-0.2, 0) is 19.7 Å². The Morgan fingerprint density at radius 2 is 1.88 bits per heavy atom. The molecule has 0 aromatic heterocycles. The lowest BCUT2D eigenvalue weighted by molar-refractivity contribution is -0.128. The number of Topliss-reactive ketones (excluding diaryl/α,β-unsaturated/α-hetero) is 1. The molecule has 0 bridgehead atoms. The molecule has 2 aromatic rings. The van der Waals surface area contributed by atoms with E-state index in [1.54, 1.807) is 31.2 Å². The zero-order chi connectivity index (χ0) is 30.0. The number of hydrogen-bond donors (Lipinski definition) is 2. The minimum Gasteiger partial charge on any atom is -0.391 e. The number of ether oxygens (including phenoxy) is 1. The molecule has 2 aliphatic heterocycles. The standard InChI is InChI=1S/C34H40Cl2FNO4/c1-19(39)28-10-7-20(18-42-28)15-27(40)23-17-33(13-11-32(2,3)12-14-33)34(29(23)22-5-4-6-25(36)30(22)37)24-9-8-21(35)16-26(24)38-31(34)41/h4-6,8-9,16,19-20,23,28-29,39H,7,10-15,17-18H2,1-3H3,(H,38,41)/t19-,20+,23+,28+,29+,34-/m1/s1. The van der Waals surface area contributed by atoms with Gasteiger partial charge in [-0.05, 0) is 97.9 Å². The molecule has 226 valence electrons. The van der Waals surface area contributed by atoms with Gasteiger partial charge in [-0.1, -0.05) is 55.2 Å². The lowest BCUT2D eigenvalue weighted by Crippen LogP contribution is -2.52. The second-order valence-corrected chi connectivity index (χ2v) is 14.9. The Hall–Kier alpha value is -1.99. The Bertz CT molecular complexity index is 1390. The predicted molar refractivity (Wildman–Crippen MR) is 162 cm³/mol. The van der Waals surface area contributed by atoms with Crippen LogP contribution in [0.2, 0.25) is 10.0 Å². The van der Waals surface area contributed by atoms with Crippen LogP contribution in [0.5, 0.6) is 0 Å². The smallest absolute Gasteiger partial charge is 0.236 e. The minimum atomic E-state index is -1.14. The molecule has 8 heteroatoms. The number of halogens is 3. The van der Waals surface area contributed by atoms with E-state index in [0.29, 0.717) is 42.1 Å². The van der Waals surface area contributed by atoms with E-state index in [1.165, 1.54) is 6.07 Å². The van der Waals surface area contributed by atoms with Gasteiger partial charge in [0.25, 0.3) is 0 Å². The van der Waals surface area contributed by atoms with Gasteiger partial charge in [-0.3, -0.25) is 9.59 Å². The summed E-state index contributed by atoms with van der Waals surface area (Å²) in [5, 5.41) is 13.6. The summed E-state index contributed by atoms with van der Waals surface area (Å²) in [5.41, 5.74) is 0.207. The highest BCUT2D eigenvalue weighted by Gasteiger charge is 2.72. The summed E-state index contributed by atoms with van der Waals surface area (Å²) >= 11 is 12.8. The number of aliphatic hydroxyl groups excluding tert-OH is 1. The van der Waals surface area contributed by atoms with Crippen LogP contribution in [0.1, 0.15) is 89.2 Å². The molecule has 2 spiro atoms. The number of aliphatic hydroxyl groups is 1. The van der Waals surface area contributed by atoms with Gasteiger partial charge in [0.1, 0.15) is 11.6 Å².